The van der Waals surface area contributed by atoms with E-state index in [0.29, 0.717) is 16.3 Å². The first kappa shape index (κ1) is 16.6. The van der Waals surface area contributed by atoms with Gasteiger partial charge in [-0.3, -0.25) is 9.78 Å². The Hall–Kier alpha value is -2.90. The van der Waals surface area contributed by atoms with Gasteiger partial charge in [-0.15, -0.1) is 22.7 Å². The molecule has 1 N–H and O–H groups in total. The van der Waals surface area contributed by atoms with Crippen LogP contribution in [0.5, 0.6) is 0 Å². The van der Waals surface area contributed by atoms with E-state index in [4.69, 9.17) is 0 Å². The number of rotatable bonds is 5. The maximum atomic E-state index is 11.3. The molecular formula is C19H13N3O2S2. The van der Waals surface area contributed by atoms with E-state index in [1.54, 1.807) is 12.3 Å². The molecule has 0 amide bonds. The first-order chi connectivity index (χ1) is 12.7. The van der Waals surface area contributed by atoms with Crippen molar-refractivity contribution in [2.45, 2.75) is 6.42 Å². The Morgan fingerprint density at radius 2 is 1.96 bits per heavy atom. The second-order valence-corrected chi connectivity index (χ2v) is 7.41. The number of thiazole rings is 2. The zero-order valence-electron chi connectivity index (χ0n) is 13.5. The number of aromatic nitrogens is 3. The van der Waals surface area contributed by atoms with Crippen molar-refractivity contribution in [3.05, 3.63) is 64.7 Å². The summed E-state index contributed by atoms with van der Waals surface area (Å²) in [6, 6.07) is 13.5. The van der Waals surface area contributed by atoms with Crippen LogP contribution < -0.4 is 0 Å². The molecule has 7 heteroatoms. The number of nitrogens with zero attached hydrogens (tertiary/aromatic N) is 3. The summed E-state index contributed by atoms with van der Waals surface area (Å²) in [5, 5.41) is 12.7. The maximum Gasteiger partial charge on any atom is 0.307 e. The number of para-hydroxylation sites is 1. The Labute approximate surface area is 157 Å². The predicted octanol–water partition coefficient (Wildman–Crippen LogP) is 4.83. The predicted molar refractivity (Wildman–Crippen MR) is 105 cm³/mol. The quantitative estimate of drug-likeness (QED) is 0.537. The largest absolute Gasteiger partial charge is 0.481 e. The third-order valence-electron chi connectivity index (χ3n) is 3.64. The minimum absolute atomic E-state index is 0.101. The molecule has 4 aromatic rings. The number of pyridine rings is 1. The van der Waals surface area contributed by atoms with Gasteiger partial charge in [0.2, 0.25) is 0 Å². The molecule has 0 spiro atoms. The summed E-state index contributed by atoms with van der Waals surface area (Å²) in [7, 11) is 0. The lowest BCUT2D eigenvalue weighted by Gasteiger charge is -1.99. The molecule has 4 rings (SSSR count). The molecule has 0 atom stereocenters. The number of benzene rings is 1. The van der Waals surface area contributed by atoms with Gasteiger partial charge in [0, 0.05) is 17.2 Å². The lowest BCUT2D eigenvalue weighted by molar-refractivity contribution is -0.135. The summed E-state index contributed by atoms with van der Waals surface area (Å²) in [5.41, 5.74) is 3.04. The van der Waals surface area contributed by atoms with E-state index in [0.717, 1.165) is 20.9 Å². The molecule has 128 valence electrons. The van der Waals surface area contributed by atoms with Gasteiger partial charge in [-0.1, -0.05) is 18.2 Å². The van der Waals surface area contributed by atoms with Crippen molar-refractivity contribution in [1.82, 2.24) is 15.0 Å². The Bertz CT molecular complexity index is 1070. The van der Waals surface area contributed by atoms with Crippen molar-refractivity contribution in [1.29, 1.82) is 0 Å². The highest BCUT2D eigenvalue weighted by atomic mass is 32.1. The molecule has 0 unspecified atom stereocenters. The fraction of sp³-hybridized carbons (Fsp3) is 0.0526. The van der Waals surface area contributed by atoms with Crippen molar-refractivity contribution < 1.29 is 9.90 Å². The summed E-state index contributed by atoms with van der Waals surface area (Å²) in [4.78, 5) is 24.8. The molecule has 0 aliphatic carbocycles. The van der Waals surface area contributed by atoms with Gasteiger partial charge in [0.05, 0.1) is 28.0 Å². The lowest BCUT2D eigenvalue weighted by atomic mass is 10.1. The molecule has 5 nitrogen and oxygen atoms in total. The first-order valence-electron chi connectivity index (χ1n) is 7.84. The van der Waals surface area contributed by atoms with Crippen molar-refractivity contribution in [3.8, 4) is 10.7 Å². The van der Waals surface area contributed by atoms with Gasteiger partial charge in [-0.25, -0.2) is 9.97 Å². The van der Waals surface area contributed by atoms with Crippen molar-refractivity contribution in [3.63, 3.8) is 0 Å². The summed E-state index contributed by atoms with van der Waals surface area (Å²) in [6.07, 6.45) is 3.42. The molecule has 3 aromatic heterocycles. The number of carboxylic acids is 1. The zero-order chi connectivity index (χ0) is 17.9. The Morgan fingerprint density at radius 1 is 1.12 bits per heavy atom. The SMILES string of the molecule is O=C(O)CC(=Cc1csc(-c2ccccn2)n1)c1nc2ccccc2s1. The van der Waals surface area contributed by atoms with Crippen LogP contribution in [0.2, 0.25) is 0 Å². The van der Waals surface area contributed by atoms with Gasteiger partial charge in [-0.2, -0.15) is 0 Å². The summed E-state index contributed by atoms with van der Waals surface area (Å²) >= 11 is 2.97. The fourth-order valence-corrected chi connectivity index (χ4v) is 4.23. The van der Waals surface area contributed by atoms with Crippen molar-refractivity contribution in [2.75, 3.05) is 0 Å². The smallest absolute Gasteiger partial charge is 0.307 e. The average molecular weight is 379 g/mol. The minimum atomic E-state index is -0.893. The Balaban J connectivity index is 1.72. The van der Waals surface area contributed by atoms with Crippen LogP contribution >= 0.6 is 22.7 Å². The number of carboxylic acid groups (broad SMARTS) is 1. The molecular weight excluding hydrogens is 366 g/mol. The topological polar surface area (TPSA) is 76.0 Å². The molecule has 1 aromatic carbocycles. The van der Waals surface area contributed by atoms with Crippen LogP contribution in [0.4, 0.5) is 0 Å². The fourth-order valence-electron chi connectivity index (χ4n) is 2.50. The van der Waals surface area contributed by atoms with E-state index >= 15 is 0 Å². The van der Waals surface area contributed by atoms with Crippen LogP contribution in [-0.4, -0.2) is 26.0 Å². The standard InChI is InChI=1S/C19H13N3O2S2/c23-17(24)10-12(18-22-14-5-1-2-7-16(14)26-18)9-13-11-25-19(21-13)15-6-3-4-8-20-15/h1-9,11H,10H2,(H,23,24). The molecule has 0 fully saturated rings. The highest BCUT2D eigenvalue weighted by Crippen LogP contribution is 2.31. The van der Waals surface area contributed by atoms with Crippen LogP contribution in [-0.2, 0) is 4.79 Å². The van der Waals surface area contributed by atoms with E-state index < -0.39 is 5.97 Å². The van der Waals surface area contributed by atoms with Gasteiger partial charge in [0.1, 0.15) is 10.0 Å². The summed E-state index contributed by atoms with van der Waals surface area (Å²) in [5.74, 6) is -0.893. The molecule has 0 radical (unpaired) electrons. The monoisotopic (exact) mass is 379 g/mol. The number of aliphatic carboxylic acids is 1. The van der Waals surface area contributed by atoms with Crippen LogP contribution in [0.3, 0.4) is 0 Å². The van der Waals surface area contributed by atoms with E-state index in [2.05, 4.69) is 15.0 Å². The van der Waals surface area contributed by atoms with Gasteiger partial charge in [-0.05, 0) is 30.3 Å². The van der Waals surface area contributed by atoms with Crippen molar-refractivity contribution in [2.24, 2.45) is 0 Å². The molecule has 0 saturated heterocycles. The summed E-state index contributed by atoms with van der Waals surface area (Å²) in [6.45, 7) is 0. The highest BCUT2D eigenvalue weighted by molar-refractivity contribution is 7.19. The number of fused-ring (bicyclic) bond motifs is 1. The Morgan fingerprint density at radius 3 is 2.73 bits per heavy atom. The van der Waals surface area contributed by atoms with Gasteiger partial charge in [0.15, 0.2) is 0 Å². The molecule has 0 aliphatic rings. The highest BCUT2D eigenvalue weighted by Gasteiger charge is 2.14. The average Bonchev–Trinajstić information content (AvgIpc) is 3.28. The number of hydrogen-bond acceptors (Lipinski definition) is 6. The third kappa shape index (κ3) is 3.54. The number of carbonyl (C=O) groups is 1. The van der Waals surface area contributed by atoms with Gasteiger partial charge < -0.3 is 5.11 Å². The van der Waals surface area contributed by atoms with Crippen LogP contribution in [0.15, 0.2) is 54.0 Å². The van der Waals surface area contributed by atoms with Crippen LogP contribution in [0.1, 0.15) is 17.1 Å². The number of hydrogen-bond donors (Lipinski definition) is 1. The lowest BCUT2D eigenvalue weighted by Crippen LogP contribution is -1.97. The van der Waals surface area contributed by atoms with E-state index in [9.17, 15) is 9.90 Å². The van der Waals surface area contributed by atoms with Crippen molar-refractivity contribution >= 4 is 50.5 Å². The van der Waals surface area contributed by atoms with E-state index in [1.807, 2.05) is 47.8 Å². The minimum Gasteiger partial charge on any atom is -0.481 e. The maximum absolute atomic E-state index is 11.3. The molecule has 0 aliphatic heterocycles. The molecule has 3 heterocycles. The second-order valence-electron chi connectivity index (χ2n) is 5.52. The van der Waals surface area contributed by atoms with E-state index in [1.165, 1.54) is 22.7 Å². The van der Waals surface area contributed by atoms with Crippen LogP contribution in [0.25, 0.3) is 32.6 Å². The normalized spacial score (nSPS) is 11.8. The van der Waals surface area contributed by atoms with Crippen LogP contribution in [0, 0.1) is 0 Å². The van der Waals surface area contributed by atoms with Gasteiger partial charge in [0.25, 0.3) is 0 Å². The summed E-state index contributed by atoms with van der Waals surface area (Å²) < 4.78 is 1.03. The Kier molecular flexibility index (Phi) is 4.55. The van der Waals surface area contributed by atoms with E-state index in [-0.39, 0.29) is 6.42 Å². The van der Waals surface area contributed by atoms with Gasteiger partial charge >= 0.3 is 5.97 Å². The molecule has 26 heavy (non-hydrogen) atoms. The zero-order valence-corrected chi connectivity index (χ0v) is 15.1. The third-order valence-corrected chi connectivity index (χ3v) is 5.63. The molecule has 0 bridgehead atoms. The molecule has 0 saturated carbocycles. The first-order valence-corrected chi connectivity index (χ1v) is 9.54. The second kappa shape index (κ2) is 7.15.